The molecule has 22 heavy (non-hydrogen) atoms. The highest BCUT2D eigenvalue weighted by molar-refractivity contribution is 6.31. The number of hydrogen-bond donors (Lipinski definition) is 1. The lowest BCUT2D eigenvalue weighted by atomic mass is 9.79. The summed E-state index contributed by atoms with van der Waals surface area (Å²) >= 11 is 6.59. The van der Waals surface area contributed by atoms with E-state index in [1.807, 2.05) is 0 Å². The van der Waals surface area contributed by atoms with Crippen LogP contribution in [0.4, 0.5) is 5.69 Å². The molecule has 2 rings (SSSR count). The van der Waals surface area contributed by atoms with Gasteiger partial charge in [0.25, 0.3) is 0 Å². The van der Waals surface area contributed by atoms with E-state index in [1.54, 1.807) is 0 Å². The van der Waals surface area contributed by atoms with Gasteiger partial charge in [-0.05, 0) is 57.2 Å². The summed E-state index contributed by atoms with van der Waals surface area (Å²) in [6.45, 7) is 16.7. The van der Waals surface area contributed by atoms with Crippen LogP contribution in [-0.4, -0.2) is 17.6 Å². The summed E-state index contributed by atoms with van der Waals surface area (Å²) in [4.78, 5) is 2.54. The van der Waals surface area contributed by atoms with Crippen LogP contribution >= 0.6 is 11.6 Å². The average molecular weight is 323 g/mol. The SMILES string of the molecule is CC(C)NCc1cc2c(cc1Cl)N(C(C)C)C(C)(C)C[C@H]2C. The minimum atomic E-state index is 0.168. The third-order valence-electron chi connectivity index (χ3n) is 4.66. The third kappa shape index (κ3) is 3.44. The number of nitrogens with one attached hydrogen (secondary N) is 1. The Morgan fingerprint density at radius 2 is 1.91 bits per heavy atom. The number of halogens is 1. The summed E-state index contributed by atoms with van der Waals surface area (Å²) in [5.41, 5.74) is 4.14. The van der Waals surface area contributed by atoms with Gasteiger partial charge in [0.1, 0.15) is 0 Å². The standard InChI is InChI=1S/C19H31ClN2/c1-12(2)21-11-15-8-16-14(5)10-19(6,7)22(13(3)4)18(16)9-17(15)20/h8-9,12-14,21H,10-11H2,1-7H3/t14-/m1/s1. The Morgan fingerprint density at radius 3 is 2.45 bits per heavy atom. The number of rotatable bonds is 4. The number of anilines is 1. The highest BCUT2D eigenvalue weighted by Crippen LogP contribution is 2.46. The molecule has 0 unspecified atom stereocenters. The fourth-order valence-electron chi connectivity index (χ4n) is 3.94. The van der Waals surface area contributed by atoms with Gasteiger partial charge in [-0.25, -0.2) is 0 Å². The van der Waals surface area contributed by atoms with Crippen LogP contribution in [0.25, 0.3) is 0 Å². The number of hydrogen-bond acceptors (Lipinski definition) is 2. The maximum Gasteiger partial charge on any atom is 0.0471 e. The van der Waals surface area contributed by atoms with Gasteiger partial charge in [-0.1, -0.05) is 38.4 Å². The van der Waals surface area contributed by atoms with Crippen molar-refractivity contribution in [2.24, 2.45) is 0 Å². The molecular formula is C19H31ClN2. The molecule has 0 saturated heterocycles. The lowest BCUT2D eigenvalue weighted by molar-refractivity contribution is 0.356. The van der Waals surface area contributed by atoms with Crippen LogP contribution in [-0.2, 0) is 6.54 Å². The Labute approximate surface area is 141 Å². The first-order chi connectivity index (χ1) is 10.1. The van der Waals surface area contributed by atoms with Crippen molar-refractivity contribution in [1.29, 1.82) is 0 Å². The molecule has 124 valence electrons. The van der Waals surface area contributed by atoms with Crippen LogP contribution < -0.4 is 10.2 Å². The van der Waals surface area contributed by atoms with Gasteiger partial charge in [0, 0.05) is 34.9 Å². The van der Waals surface area contributed by atoms with E-state index in [4.69, 9.17) is 11.6 Å². The summed E-state index contributed by atoms with van der Waals surface area (Å²) in [7, 11) is 0. The van der Waals surface area contributed by atoms with Crippen LogP contribution in [0.1, 0.15) is 71.9 Å². The van der Waals surface area contributed by atoms with Gasteiger partial charge in [-0.15, -0.1) is 0 Å². The van der Waals surface area contributed by atoms with Crippen molar-refractivity contribution in [3.8, 4) is 0 Å². The quantitative estimate of drug-likeness (QED) is 0.805. The molecule has 0 aliphatic carbocycles. The molecular weight excluding hydrogens is 292 g/mol. The maximum atomic E-state index is 6.59. The lowest BCUT2D eigenvalue weighted by Gasteiger charge is -2.50. The smallest absolute Gasteiger partial charge is 0.0471 e. The van der Waals surface area contributed by atoms with Crippen LogP contribution in [0.5, 0.6) is 0 Å². The Hall–Kier alpha value is -0.730. The molecule has 2 nitrogen and oxygen atoms in total. The van der Waals surface area contributed by atoms with E-state index < -0.39 is 0 Å². The molecule has 1 atom stereocenters. The summed E-state index contributed by atoms with van der Waals surface area (Å²) in [6, 6.07) is 5.45. The molecule has 0 bridgehead atoms. The van der Waals surface area contributed by atoms with Crippen LogP contribution in [0.3, 0.4) is 0 Å². The summed E-state index contributed by atoms with van der Waals surface area (Å²) in [6.07, 6.45) is 1.18. The molecule has 1 aromatic rings. The first-order valence-corrected chi connectivity index (χ1v) is 8.86. The van der Waals surface area contributed by atoms with Gasteiger partial charge >= 0.3 is 0 Å². The average Bonchev–Trinajstić information content (AvgIpc) is 2.34. The van der Waals surface area contributed by atoms with Crippen molar-refractivity contribution < 1.29 is 0 Å². The molecule has 0 aromatic heterocycles. The second-order valence-electron chi connectivity index (χ2n) is 7.92. The van der Waals surface area contributed by atoms with E-state index in [2.05, 4.69) is 70.8 Å². The molecule has 0 saturated carbocycles. The maximum absolute atomic E-state index is 6.59. The number of fused-ring (bicyclic) bond motifs is 1. The molecule has 1 N–H and O–H groups in total. The monoisotopic (exact) mass is 322 g/mol. The predicted octanol–water partition coefficient (Wildman–Crippen LogP) is 5.34. The van der Waals surface area contributed by atoms with Crippen LogP contribution in [0, 0.1) is 0 Å². The zero-order valence-corrected chi connectivity index (χ0v) is 15.9. The van der Waals surface area contributed by atoms with Crippen molar-refractivity contribution >= 4 is 17.3 Å². The molecule has 0 radical (unpaired) electrons. The summed E-state index contributed by atoms with van der Waals surface area (Å²) < 4.78 is 0. The topological polar surface area (TPSA) is 15.3 Å². The van der Waals surface area contributed by atoms with Gasteiger partial charge < -0.3 is 10.2 Å². The second kappa shape index (κ2) is 6.41. The lowest BCUT2D eigenvalue weighted by Crippen LogP contribution is -2.51. The molecule has 3 heteroatoms. The van der Waals surface area contributed by atoms with E-state index in [0.717, 1.165) is 11.6 Å². The van der Waals surface area contributed by atoms with Crippen LogP contribution in [0.2, 0.25) is 5.02 Å². The number of benzene rings is 1. The summed E-state index contributed by atoms with van der Waals surface area (Å²) in [5, 5.41) is 4.35. The van der Waals surface area contributed by atoms with E-state index in [1.165, 1.54) is 23.2 Å². The van der Waals surface area contributed by atoms with Gasteiger partial charge in [0.15, 0.2) is 0 Å². The van der Waals surface area contributed by atoms with Gasteiger partial charge in [-0.3, -0.25) is 0 Å². The molecule has 0 spiro atoms. The van der Waals surface area contributed by atoms with Gasteiger partial charge in [0.2, 0.25) is 0 Å². The molecule has 1 heterocycles. The second-order valence-corrected chi connectivity index (χ2v) is 8.33. The highest BCUT2D eigenvalue weighted by atomic mass is 35.5. The first kappa shape index (κ1) is 17.6. The predicted molar refractivity (Wildman–Crippen MR) is 98.2 cm³/mol. The normalized spacial score (nSPS) is 20.6. The number of nitrogens with zero attached hydrogens (tertiary/aromatic N) is 1. The Balaban J connectivity index is 2.46. The minimum Gasteiger partial charge on any atom is -0.364 e. The highest BCUT2D eigenvalue weighted by Gasteiger charge is 2.38. The van der Waals surface area contributed by atoms with Crippen molar-refractivity contribution in [3.05, 3.63) is 28.3 Å². The minimum absolute atomic E-state index is 0.168. The van der Waals surface area contributed by atoms with E-state index >= 15 is 0 Å². The third-order valence-corrected chi connectivity index (χ3v) is 5.01. The largest absolute Gasteiger partial charge is 0.364 e. The Bertz CT molecular complexity index is 534. The van der Waals surface area contributed by atoms with E-state index in [9.17, 15) is 0 Å². The zero-order valence-electron chi connectivity index (χ0n) is 15.1. The Kier molecular flexibility index (Phi) is 5.13. The molecule has 1 aromatic carbocycles. The fraction of sp³-hybridized carbons (Fsp3) is 0.684. The van der Waals surface area contributed by atoms with E-state index in [-0.39, 0.29) is 5.54 Å². The Morgan fingerprint density at radius 1 is 1.27 bits per heavy atom. The zero-order chi connectivity index (χ0) is 16.7. The van der Waals surface area contributed by atoms with Crippen molar-refractivity contribution in [2.75, 3.05) is 4.90 Å². The molecule has 0 amide bonds. The summed E-state index contributed by atoms with van der Waals surface area (Å²) in [5.74, 6) is 0.565. The molecule has 0 fully saturated rings. The van der Waals surface area contributed by atoms with E-state index in [0.29, 0.717) is 18.0 Å². The van der Waals surface area contributed by atoms with Gasteiger partial charge in [-0.2, -0.15) is 0 Å². The van der Waals surface area contributed by atoms with Gasteiger partial charge in [0.05, 0.1) is 0 Å². The van der Waals surface area contributed by atoms with Crippen molar-refractivity contribution in [3.63, 3.8) is 0 Å². The van der Waals surface area contributed by atoms with Crippen molar-refractivity contribution in [2.45, 2.75) is 85.0 Å². The van der Waals surface area contributed by atoms with Crippen molar-refractivity contribution in [1.82, 2.24) is 5.32 Å². The fourth-order valence-corrected chi connectivity index (χ4v) is 4.17. The molecule has 1 aliphatic rings. The van der Waals surface area contributed by atoms with Crippen LogP contribution in [0.15, 0.2) is 12.1 Å². The first-order valence-electron chi connectivity index (χ1n) is 8.48. The molecule has 1 aliphatic heterocycles.